The molecule has 0 spiro atoms. The highest BCUT2D eigenvalue weighted by Crippen LogP contribution is 2.43. The molecule has 3 heterocycles. The zero-order valence-electron chi connectivity index (χ0n) is 22.8. The molecule has 198 valence electrons. The fourth-order valence-electron chi connectivity index (χ4n) is 7.07. The standard InChI is InChI=1S/C35H35FNO2/c1-22-8-17-27-28-18-19-29(36)33(35(28)39-34(27)32(22)30-6-3-4-20-37(30)2)26-15-11-24(12-16-26)23-9-13-25(14-10-23)31-7-5-21-38-31/h3-4,6,8,11-12,15-20,23,25,31H,5,7,9-10,13-14,21H2,1-2H3/q+1. The quantitative estimate of drug-likeness (QED) is 0.222. The first-order valence-electron chi connectivity index (χ1n) is 14.4. The first-order chi connectivity index (χ1) is 19.1. The number of aromatic nitrogens is 1. The number of rotatable bonds is 4. The van der Waals surface area contributed by atoms with Crippen molar-refractivity contribution >= 4 is 21.9 Å². The summed E-state index contributed by atoms with van der Waals surface area (Å²) < 4.78 is 30.1. The summed E-state index contributed by atoms with van der Waals surface area (Å²) in [5.74, 6) is 1.03. The molecule has 2 aliphatic rings. The molecule has 1 aliphatic heterocycles. The van der Waals surface area contributed by atoms with E-state index in [4.69, 9.17) is 9.15 Å². The Morgan fingerprint density at radius 1 is 0.795 bits per heavy atom. The summed E-state index contributed by atoms with van der Waals surface area (Å²) in [6.07, 6.45) is 9.86. The van der Waals surface area contributed by atoms with Gasteiger partial charge in [-0.15, -0.1) is 0 Å². The second-order valence-electron chi connectivity index (χ2n) is 11.5. The summed E-state index contributed by atoms with van der Waals surface area (Å²) in [6.45, 7) is 3.04. The van der Waals surface area contributed by atoms with Crippen molar-refractivity contribution in [3.63, 3.8) is 0 Å². The maximum Gasteiger partial charge on any atom is 0.216 e. The van der Waals surface area contributed by atoms with Gasteiger partial charge in [-0.2, -0.15) is 0 Å². The van der Waals surface area contributed by atoms with Crippen LogP contribution in [0.3, 0.4) is 0 Å². The van der Waals surface area contributed by atoms with Gasteiger partial charge in [-0.25, -0.2) is 8.96 Å². The van der Waals surface area contributed by atoms with Crippen molar-refractivity contribution in [3.8, 4) is 22.4 Å². The normalized spacial score (nSPS) is 21.7. The van der Waals surface area contributed by atoms with Gasteiger partial charge in [0.25, 0.3) is 0 Å². The predicted molar refractivity (Wildman–Crippen MR) is 154 cm³/mol. The molecule has 0 N–H and O–H groups in total. The number of benzene rings is 3. The Balaban J connectivity index is 1.25. The molecular formula is C35H35FNO2+. The Morgan fingerprint density at radius 3 is 2.26 bits per heavy atom. The van der Waals surface area contributed by atoms with Gasteiger partial charge in [-0.3, -0.25) is 0 Å². The third kappa shape index (κ3) is 4.26. The van der Waals surface area contributed by atoms with Gasteiger partial charge in [0.15, 0.2) is 6.20 Å². The van der Waals surface area contributed by atoms with Gasteiger partial charge in [0.2, 0.25) is 5.69 Å². The molecule has 2 fully saturated rings. The number of nitrogens with zero attached hydrogens (tertiary/aromatic N) is 1. The molecule has 0 bridgehead atoms. The predicted octanol–water partition coefficient (Wildman–Crippen LogP) is 8.64. The smallest absolute Gasteiger partial charge is 0.216 e. The van der Waals surface area contributed by atoms with Crippen LogP contribution in [0.5, 0.6) is 0 Å². The van der Waals surface area contributed by atoms with Gasteiger partial charge in [0, 0.05) is 29.5 Å². The van der Waals surface area contributed by atoms with E-state index >= 15 is 4.39 Å². The minimum Gasteiger partial charge on any atom is -0.454 e. The van der Waals surface area contributed by atoms with E-state index in [0.717, 1.165) is 51.3 Å². The van der Waals surface area contributed by atoms with Crippen LogP contribution in [0.25, 0.3) is 44.3 Å². The average Bonchev–Trinajstić information content (AvgIpc) is 3.63. The lowest BCUT2D eigenvalue weighted by molar-refractivity contribution is -0.660. The van der Waals surface area contributed by atoms with Crippen LogP contribution in [-0.4, -0.2) is 12.7 Å². The van der Waals surface area contributed by atoms with Crippen molar-refractivity contribution in [1.29, 1.82) is 0 Å². The molecule has 4 heteroatoms. The molecule has 1 atom stereocenters. The molecule has 2 aromatic heterocycles. The molecule has 1 unspecified atom stereocenters. The number of pyridine rings is 1. The molecule has 39 heavy (non-hydrogen) atoms. The number of fused-ring (bicyclic) bond motifs is 3. The first kappa shape index (κ1) is 24.5. The maximum absolute atomic E-state index is 15.5. The zero-order chi connectivity index (χ0) is 26.5. The minimum atomic E-state index is -0.255. The summed E-state index contributed by atoms with van der Waals surface area (Å²) in [4.78, 5) is 0. The molecular weight excluding hydrogens is 485 g/mol. The van der Waals surface area contributed by atoms with Crippen LogP contribution in [0.2, 0.25) is 0 Å². The highest BCUT2D eigenvalue weighted by molar-refractivity contribution is 6.13. The zero-order valence-corrected chi connectivity index (χ0v) is 22.8. The van der Waals surface area contributed by atoms with E-state index in [-0.39, 0.29) is 5.82 Å². The number of aryl methyl sites for hydroxylation is 2. The van der Waals surface area contributed by atoms with Crippen molar-refractivity contribution in [2.24, 2.45) is 13.0 Å². The van der Waals surface area contributed by atoms with Crippen LogP contribution >= 0.6 is 0 Å². The molecule has 1 saturated carbocycles. The van der Waals surface area contributed by atoms with E-state index in [2.05, 4.69) is 54.0 Å². The van der Waals surface area contributed by atoms with E-state index in [1.54, 1.807) is 6.07 Å². The van der Waals surface area contributed by atoms with Crippen molar-refractivity contribution < 1.29 is 18.1 Å². The third-order valence-corrected chi connectivity index (χ3v) is 9.21. The number of hydrogen-bond acceptors (Lipinski definition) is 2. The maximum atomic E-state index is 15.5. The number of ether oxygens (including phenoxy) is 1. The lowest BCUT2D eigenvalue weighted by Gasteiger charge is -2.32. The van der Waals surface area contributed by atoms with E-state index in [1.165, 1.54) is 44.1 Å². The Bertz CT molecular complexity index is 1650. The summed E-state index contributed by atoms with van der Waals surface area (Å²) in [5.41, 5.74) is 7.42. The van der Waals surface area contributed by atoms with E-state index in [1.807, 2.05) is 31.4 Å². The Kier molecular flexibility index (Phi) is 6.24. The van der Waals surface area contributed by atoms with Gasteiger partial charge in [0.1, 0.15) is 24.0 Å². The monoisotopic (exact) mass is 520 g/mol. The van der Waals surface area contributed by atoms with E-state index < -0.39 is 0 Å². The molecule has 3 nitrogen and oxygen atoms in total. The SMILES string of the molecule is Cc1ccc2c(oc3c(-c4ccc(C5CCC(C6CCCO6)CC5)cc4)c(F)ccc32)c1-c1cccc[n+]1C. The van der Waals surface area contributed by atoms with Crippen molar-refractivity contribution in [2.75, 3.05) is 6.61 Å². The van der Waals surface area contributed by atoms with Crippen LogP contribution < -0.4 is 4.57 Å². The molecule has 0 radical (unpaired) electrons. The number of hydrogen-bond donors (Lipinski definition) is 0. The molecule has 5 aromatic rings. The highest BCUT2D eigenvalue weighted by Gasteiger charge is 2.31. The number of halogens is 1. The lowest BCUT2D eigenvalue weighted by atomic mass is 9.76. The third-order valence-electron chi connectivity index (χ3n) is 9.21. The van der Waals surface area contributed by atoms with Gasteiger partial charge >= 0.3 is 0 Å². The van der Waals surface area contributed by atoms with Crippen LogP contribution in [0.4, 0.5) is 4.39 Å². The molecule has 1 saturated heterocycles. The first-order valence-corrected chi connectivity index (χ1v) is 14.4. The van der Waals surface area contributed by atoms with E-state index in [0.29, 0.717) is 23.2 Å². The summed E-state index contributed by atoms with van der Waals surface area (Å²) >= 11 is 0. The van der Waals surface area contributed by atoms with Crippen molar-refractivity contribution in [1.82, 2.24) is 0 Å². The Morgan fingerprint density at radius 2 is 1.54 bits per heavy atom. The summed E-state index contributed by atoms with van der Waals surface area (Å²) in [6, 6.07) is 22.4. The Hall–Kier alpha value is -3.50. The lowest BCUT2D eigenvalue weighted by Crippen LogP contribution is -2.30. The second-order valence-corrected chi connectivity index (χ2v) is 11.5. The van der Waals surface area contributed by atoms with Gasteiger partial charge in [0.05, 0.1) is 17.2 Å². The van der Waals surface area contributed by atoms with Crippen LogP contribution in [0.15, 0.2) is 77.3 Å². The van der Waals surface area contributed by atoms with Crippen molar-refractivity contribution in [3.05, 3.63) is 89.9 Å². The largest absolute Gasteiger partial charge is 0.454 e. The van der Waals surface area contributed by atoms with Crippen molar-refractivity contribution in [2.45, 2.75) is 57.5 Å². The average molecular weight is 521 g/mol. The van der Waals surface area contributed by atoms with Crippen LogP contribution in [0, 0.1) is 18.7 Å². The van der Waals surface area contributed by atoms with Gasteiger partial charge < -0.3 is 9.15 Å². The summed E-state index contributed by atoms with van der Waals surface area (Å²) in [7, 11) is 2.04. The minimum absolute atomic E-state index is 0.255. The summed E-state index contributed by atoms with van der Waals surface area (Å²) in [5, 5.41) is 1.95. The van der Waals surface area contributed by atoms with E-state index in [9.17, 15) is 0 Å². The molecule has 3 aromatic carbocycles. The van der Waals surface area contributed by atoms with Crippen LogP contribution in [-0.2, 0) is 11.8 Å². The highest BCUT2D eigenvalue weighted by atomic mass is 19.1. The molecule has 0 amide bonds. The van der Waals surface area contributed by atoms with Gasteiger partial charge in [-0.1, -0.05) is 36.4 Å². The fraction of sp³-hybridized carbons (Fsp3) is 0.343. The topological polar surface area (TPSA) is 26.2 Å². The number of furan rings is 1. The Labute approximate surface area is 229 Å². The molecule has 7 rings (SSSR count). The fourth-order valence-corrected chi connectivity index (χ4v) is 7.07. The second kappa shape index (κ2) is 9.91. The van der Waals surface area contributed by atoms with Crippen LogP contribution in [0.1, 0.15) is 55.6 Å². The molecule has 1 aliphatic carbocycles. The van der Waals surface area contributed by atoms with Gasteiger partial charge in [-0.05, 0) is 92.2 Å².